The predicted octanol–water partition coefficient (Wildman–Crippen LogP) is 8.80. The van der Waals surface area contributed by atoms with Crippen molar-refractivity contribution in [1.29, 1.82) is 0 Å². The number of carbonyl (C=O) groups is 2. The van der Waals surface area contributed by atoms with Crippen molar-refractivity contribution in [2.45, 2.75) is 90.9 Å². The highest BCUT2D eigenvalue weighted by atomic mass is 16.5. The van der Waals surface area contributed by atoms with Crippen LogP contribution in [0.2, 0.25) is 0 Å². The van der Waals surface area contributed by atoms with Crippen molar-refractivity contribution in [1.82, 2.24) is 0 Å². The molecule has 3 rings (SSSR count). The molecule has 39 heavy (non-hydrogen) atoms. The third-order valence-corrected chi connectivity index (χ3v) is 6.87. The molecule has 0 saturated heterocycles. The Morgan fingerprint density at radius 2 is 1.31 bits per heavy atom. The van der Waals surface area contributed by atoms with Gasteiger partial charge < -0.3 is 19.9 Å². The molecule has 1 amide bonds. The molecule has 0 spiro atoms. The molecule has 3 aromatic carbocycles. The van der Waals surface area contributed by atoms with Crippen LogP contribution in [0.4, 0.5) is 5.69 Å². The minimum atomic E-state index is -0.520. The van der Waals surface area contributed by atoms with Crippen molar-refractivity contribution in [2.24, 2.45) is 0 Å². The van der Waals surface area contributed by atoms with Crippen molar-refractivity contribution >= 4 is 28.3 Å². The number of hydrogen-bond acceptors (Lipinski definition) is 5. The van der Waals surface area contributed by atoms with E-state index < -0.39 is 11.9 Å². The number of ether oxygens (including phenoxy) is 2. The first-order valence-corrected chi connectivity index (χ1v) is 14.5. The van der Waals surface area contributed by atoms with Gasteiger partial charge in [0.25, 0.3) is 5.91 Å². The second-order valence-corrected chi connectivity index (χ2v) is 10.1. The number of hydrogen-bond donors (Lipinski definition) is 2. The molecule has 6 nitrogen and oxygen atoms in total. The molecule has 0 radical (unpaired) electrons. The van der Waals surface area contributed by atoms with Gasteiger partial charge in [0.15, 0.2) is 0 Å². The number of phenolic OH excluding ortho intramolecular Hbond substituents is 1. The van der Waals surface area contributed by atoms with Crippen LogP contribution in [0, 0.1) is 0 Å². The number of phenols is 1. The summed E-state index contributed by atoms with van der Waals surface area (Å²) in [5, 5.41) is 14.7. The maximum Gasteiger partial charge on any atom is 0.308 e. The number of aromatic hydroxyl groups is 1. The summed E-state index contributed by atoms with van der Waals surface area (Å²) in [7, 11) is 0. The van der Waals surface area contributed by atoms with E-state index in [1.165, 1.54) is 77.2 Å². The SMILES string of the molecule is CCCCCCCCCCCCCCOc1ccccc1NC(=O)c1cc(OC(C)=O)c2ccccc2c1O. The summed E-state index contributed by atoms with van der Waals surface area (Å²) < 4.78 is 11.3. The van der Waals surface area contributed by atoms with Crippen LogP contribution in [0.25, 0.3) is 10.8 Å². The minimum Gasteiger partial charge on any atom is -0.506 e. The van der Waals surface area contributed by atoms with E-state index in [4.69, 9.17) is 9.47 Å². The number of para-hydroxylation sites is 2. The normalized spacial score (nSPS) is 10.9. The van der Waals surface area contributed by atoms with Crippen molar-refractivity contribution in [3.63, 3.8) is 0 Å². The quantitative estimate of drug-likeness (QED) is 0.103. The number of amides is 1. The molecular weight excluding hydrogens is 490 g/mol. The molecular formula is C33H43NO5. The summed E-state index contributed by atoms with van der Waals surface area (Å²) in [6, 6.07) is 15.6. The Balaban J connectivity index is 1.49. The summed E-state index contributed by atoms with van der Waals surface area (Å²) in [6.07, 6.45) is 15.4. The predicted molar refractivity (Wildman–Crippen MR) is 158 cm³/mol. The summed E-state index contributed by atoms with van der Waals surface area (Å²) in [4.78, 5) is 24.8. The van der Waals surface area contributed by atoms with Gasteiger partial charge in [-0.15, -0.1) is 0 Å². The summed E-state index contributed by atoms with van der Waals surface area (Å²) in [5.41, 5.74) is 0.531. The van der Waals surface area contributed by atoms with Crippen molar-refractivity contribution < 1.29 is 24.2 Å². The van der Waals surface area contributed by atoms with Crippen molar-refractivity contribution in [2.75, 3.05) is 11.9 Å². The minimum absolute atomic E-state index is 0.0145. The number of carbonyl (C=O) groups excluding carboxylic acids is 2. The lowest BCUT2D eigenvalue weighted by Crippen LogP contribution is -2.14. The first-order valence-electron chi connectivity index (χ1n) is 14.5. The van der Waals surface area contributed by atoms with Gasteiger partial charge in [0.05, 0.1) is 17.9 Å². The lowest BCUT2D eigenvalue weighted by Gasteiger charge is -2.15. The largest absolute Gasteiger partial charge is 0.506 e. The Bertz CT molecular complexity index is 1210. The van der Waals surface area contributed by atoms with E-state index in [0.717, 1.165) is 12.8 Å². The van der Waals surface area contributed by atoms with Crippen LogP contribution in [0.3, 0.4) is 0 Å². The average Bonchev–Trinajstić information content (AvgIpc) is 2.93. The zero-order chi connectivity index (χ0) is 27.9. The molecule has 0 aliphatic heterocycles. The zero-order valence-corrected chi connectivity index (χ0v) is 23.5. The fourth-order valence-corrected chi connectivity index (χ4v) is 4.75. The molecule has 0 fully saturated rings. The first kappa shape index (κ1) is 30.0. The second kappa shape index (κ2) is 16.4. The molecule has 0 saturated carbocycles. The lowest BCUT2D eigenvalue weighted by molar-refractivity contribution is -0.131. The third-order valence-electron chi connectivity index (χ3n) is 6.87. The van der Waals surface area contributed by atoms with E-state index in [2.05, 4.69) is 12.2 Å². The monoisotopic (exact) mass is 533 g/mol. The number of anilines is 1. The van der Waals surface area contributed by atoms with Gasteiger partial charge in [-0.25, -0.2) is 0 Å². The second-order valence-electron chi connectivity index (χ2n) is 10.1. The lowest BCUT2D eigenvalue weighted by atomic mass is 10.0. The van der Waals surface area contributed by atoms with Gasteiger partial charge in [0.2, 0.25) is 0 Å². The van der Waals surface area contributed by atoms with Gasteiger partial charge in [-0.3, -0.25) is 9.59 Å². The number of fused-ring (bicyclic) bond motifs is 1. The van der Waals surface area contributed by atoms with Crippen LogP contribution in [0.15, 0.2) is 54.6 Å². The van der Waals surface area contributed by atoms with Gasteiger partial charge in [-0.1, -0.05) is 114 Å². The zero-order valence-electron chi connectivity index (χ0n) is 23.5. The molecule has 0 aliphatic carbocycles. The number of nitrogens with one attached hydrogen (secondary N) is 1. The van der Waals surface area contributed by atoms with Crippen LogP contribution in [-0.4, -0.2) is 23.6 Å². The van der Waals surface area contributed by atoms with Crippen molar-refractivity contribution in [3.05, 3.63) is 60.2 Å². The number of benzene rings is 3. The molecule has 3 aromatic rings. The number of esters is 1. The van der Waals surface area contributed by atoms with E-state index in [1.54, 1.807) is 30.3 Å². The fourth-order valence-electron chi connectivity index (χ4n) is 4.75. The molecule has 2 N–H and O–H groups in total. The van der Waals surface area contributed by atoms with Gasteiger partial charge in [-0.2, -0.15) is 0 Å². The highest BCUT2D eigenvalue weighted by Crippen LogP contribution is 2.37. The topological polar surface area (TPSA) is 84.9 Å². The molecule has 6 heteroatoms. The van der Waals surface area contributed by atoms with Crippen molar-refractivity contribution in [3.8, 4) is 17.2 Å². The van der Waals surface area contributed by atoms with E-state index in [0.29, 0.717) is 28.8 Å². The Morgan fingerprint density at radius 3 is 1.95 bits per heavy atom. The Morgan fingerprint density at radius 1 is 0.744 bits per heavy atom. The van der Waals surface area contributed by atoms with Crippen LogP contribution in [0.5, 0.6) is 17.2 Å². The average molecular weight is 534 g/mol. The standard InChI is InChI=1S/C33H43NO5/c1-3-4-5-6-7-8-9-10-11-12-13-18-23-38-30-22-17-16-21-29(30)34-33(37)28-24-31(39-25(2)35)26-19-14-15-20-27(26)32(28)36/h14-17,19-22,24,36H,3-13,18,23H2,1-2H3,(H,34,37). The summed E-state index contributed by atoms with van der Waals surface area (Å²) in [6.45, 7) is 4.12. The Kier molecular flexibility index (Phi) is 12.6. The van der Waals surface area contributed by atoms with Crippen LogP contribution < -0.4 is 14.8 Å². The van der Waals surface area contributed by atoms with Crippen LogP contribution >= 0.6 is 0 Å². The highest BCUT2D eigenvalue weighted by Gasteiger charge is 2.20. The number of unbranched alkanes of at least 4 members (excludes halogenated alkanes) is 11. The van der Waals surface area contributed by atoms with Gasteiger partial charge in [0.1, 0.15) is 17.2 Å². The van der Waals surface area contributed by atoms with Gasteiger partial charge in [-0.05, 0) is 24.6 Å². The Labute approximate surface area is 232 Å². The summed E-state index contributed by atoms with van der Waals surface area (Å²) in [5.74, 6) is -0.400. The molecule has 0 bridgehead atoms. The summed E-state index contributed by atoms with van der Waals surface area (Å²) >= 11 is 0. The van der Waals surface area contributed by atoms with Crippen LogP contribution in [0.1, 0.15) is 101 Å². The van der Waals surface area contributed by atoms with E-state index >= 15 is 0 Å². The molecule has 0 unspecified atom stereocenters. The van der Waals surface area contributed by atoms with E-state index in [-0.39, 0.29) is 17.1 Å². The molecule has 0 aromatic heterocycles. The van der Waals surface area contributed by atoms with Gasteiger partial charge in [0, 0.05) is 17.7 Å². The smallest absolute Gasteiger partial charge is 0.308 e. The number of rotatable bonds is 17. The molecule has 0 aliphatic rings. The molecule has 0 atom stereocenters. The maximum absolute atomic E-state index is 13.2. The van der Waals surface area contributed by atoms with E-state index in [1.807, 2.05) is 18.2 Å². The first-order chi connectivity index (χ1) is 19.0. The van der Waals surface area contributed by atoms with Gasteiger partial charge >= 0.3 is 5.97 Å². The molecule has 210 valence electrons. The fraction of sp³-hybridized carbons (Fsp3) is 0.455. The third kappa shape index (κ3) is 9.61. The highest BCUT2D eigenvalue weighted by molar-refractivity contribution is 6.11. The maximum atomic E-state index is 13.2. The van der Waals surface area contributed by atoms with Crippen LogP contribution in [-0.2, 0) is 4.79 Å². The molecule has 0 heterocycles. The van der Waals surface area contributed by atoms with E-state index in [9.17, 15) is 14.7 Å². The Hall–Kier alpha value is -3.54.